The van der Waals surface area contributed by atoms with Gasteiger partial charge in [-0.25, -0.2) is 0 Å². The Morgan fingerprint density at radius 2 is 1.20 bits per heavy atom. The molecule has 12 nitrogen and oxygen atoms in total. The lowest BCUT2D eigenvalue weighted by atomic mass is 9.77. The Labute approximate surface area is 297 Å². The second-order valence-electron chi connectivity index (χ2n) is 15.4. The molecule has 0 aliphatic heterocycles. The van der Waals surface area contributed by atoms with Crippen LogP contribution < -0.4 is 10.8 Å². The monoisotopic (exact) mass is 704 g/mol. The first-order valence-electron chi connectivity index (χ1n) is 19.4. The van der Waals surface area contributed by atoms with Gasteiger partial charge in [-0.2, -0.15) is 5.48 Å². The Kier molecular flexibility index (Phi) is 15.5. The first-order valence-corrected chi connectivity index (χ1v) is 19.4. The summed E-state index contributed by atoms with van der Waals surface area (Å²) in [6, 6.07) is 0.214. The van der Waals surface area contributed by atoms with Gasteiger partial charge >= 0.3 is 11.9 Å². The van der Waals surface area contributed by atoms with Crippen LogP contribution >= 0.6 is 0 Å². The minimum atomic E-state index is -0.945. The zero-order chi connectivity index (χ0) is 35.3. The minimum Gasteiger partial charge on any atom is -0.481 e. The Bertz CT molecular complexity index is 1110. The van der Waals surface area contributed by atoms with E-state index in [1.807, 2.05) is 0 Å². The summed E-state index contributed by atoms with van der Waals surface area (Å²) in [4.78, 5) is 42.8. The second kappa shape index (κ2) is 20.0. The van der Waals surface area contributed by atoms with Crippen molar-refractivity contribution in [2.45, 2.75) is 165 Å². The van der Waals surface area contributed by atoms with Crippen molar-refractivity contribution in [2.24, 2.45) is 23.7 Å². The number of terminal acetylenes is 1. The lowest BCUT2D eigenvalue weighted by Crippen LogP contribution is -2.47. The molecule has 0 spiro atoms. The first kappa shape index (κ1) is 38.8. The van der Waals surface area contributed by atoms with Gasteiger partial charge in [0.25, 0.3) is 0 Å². The largest absolute Gasteiger partial charge is 0.481 e. The molecule has 5 saturated carbocycles. The molecule has 0 aromatic rings. The SMILES string of the molecule is C#COC1CCC(C(=O)O)C(C(=O)NC2CCC(OC3CCC(NOCC4CC(OCCOC5CCCCC5)CCC4C(=O)O)CC3)CC2)C1. The van der Waals surface area contributed by atoms with Gasteiger partial charge in [0.1, 0.15) is 12.2 Å². The first-order chi connectivity index (χ1) is 24.3. The van der Waals surface area contributed by atoms with Crippen LogP contribution in [0.25, 0.3) is 0 Å². The van der Waals surface area contributed by atoms with E-state index < -0.39 is 29.7 Å². The van der Waals surface area contributed by atoms with Crippen LogP contribution in [0.1, 0.15) is 122 Å². The molecule has 12 heteroatoms. The van der Waals surface area contributed by atoms with E-state index in [0.29, 0.717) is 58.0 Å². The average Bonchev–Trinajstić information content (AvgIpc) is 3.12. The average molecular weight is 705 g/mol. The Hall–Kier alpha value is -2.43. The molecule has 1 amide bonds. The fourth-order valence-corrected chi connectivity index (χ4v) is 8.98. The number of carbonyl (C=O) groups excluding carboxylic acids is 1. The smallest absolute Gasteiger partial charge is 0.307 e. The maximum atomic E-state index is 13.1. The molecule has 0 heterocycles. The van der Waals surface area contributed by atoms with Crippen LogP contribution in [-0.4, -0.2) is 90.5 Å². The highest BCUT2D eigenvalue weighted by Crippen LogP contribution is 2.35. The molecule has 282 valence electrons. The second-order valence-corrected chi connectivity index (χ2v) is 15.4. The van der Waals surface area contributed by atoms with Crippen molar-refractivity contribution in [2.75, 3.05) is 19.8 Å². The van der Waals surface area contributed by atoms with Crippen molar-refractivity contribution >= 4 is 17.8 Å². The van der Waals surface area contributed by atoms with Gasteiger partial charge in [-0.3, -0.25) is 14.4 Å². The summed E-state index contributed by atoms with van der Waals surface area (Å²) < 4.78 is 23.9. The standard InChI is InChI=1S/C38H60N2O10/c1-2-46-32-17-19-34(38(44)45)35(23-32)36(41)39-26-8-12-29(13-9-26)50-30-14-10-27(11-15-30)40-49-24-25-22-31(16-18-33(25)37(42)43)48-21-20-47-28-6-4-3-5-7-28/h1,25-35,40H,3-24H2,(H,39,41)(H,42,43)(H,44,45). The van der Waals surface area contributed by atoms with E-state index in [9.17, 15) is 24.6 Å². The fraction of sp³-hybridized carbons (Fsp3) is 0.868. The summed E-state index contributed by atoms with van der Waals surface area (Å²) in [5, 5.41) is 22.6. The number of rotatable bonds is 16. The van der Waals surface area contributed by atoms with Crippen molar-refractivity contribution in [3.05, 3.63) is 0 Å². The molecule has 5 fully saturated rings. The highest BCUT2D eigenvalue weighted by molar-refractivity contribution is 5.85. The lowest BCUT2D eigenvalue weighted by molar-refractivity contribution is -0.151. The molecule has 5 rings (SSSR count). The van der Waals surface area contributed by atoms with Crippen LogP contribution in [0.2, 0.25) is 0 Å². The molecule has 6 atom stereocenters. The topological polar surface area (TPSA) is 162 Å². The van der Waals surface area contributed by atoms with Crippen LogP contribution in [0.4, 0.5) is 0 Å². The third-order valence-electron chi connectivity index (χ3n) is 11.9. The number of aliphatic carboxylic acids is 2. The maximum Gasteiger partial charge on any atom is 0.307 e. The molecule has 0 aromatic heterocycles. The van der Waals surface area contributed by atoms with Gasteiger partial charge in [0.05, 0.1) is 62.0 Å². The zero-order valence-electron chi connectivity index (χ0n) is 29.6. The molecule has 5 aliphatic rings. The van der Waals surface area contributed by atoms with Gasteiger partial charge in [0, 0.05) is 12.1 Å². The van der Waals surface area contributed by atoms with E-state index >= 15 is 0 Å². The number of hydrogen-bond acceptors (Lipinski definition) is 9. The Morgan fingerprint density at radius 3 is 1.84 bits per heavy atom. The van der Waals surface area contributed by atoms with Gasteiger partial charge in [-0.1, -0.05) is 25.7 Å². The van der Waals surface area contributed by atoms with E-state index in [-0.39, 0.29) is 48.3 Å². The van der Waals surface area contributed by atoms with Crippen molar-refractivity contribution in [3.8, 4) is 12.5 Å². The highest BCUT2D eigenvalue weighted by Gasteiger charge is 2.41. The summed E-state index contributed by atoms with van der Waals surface area (Å²) in [6.45, 7) is 1.50. The zero-order valence-corrected chi connectivity index (χ0v) is 29.6. The van der Waals surface area contributed by atoms with Gasteiger partial charge in [-0.05, 0) is 109 Å². The molecule has 50 heavy (non-hydrogen) atoms. The normalized spacial score (nSPS) is 35.4. The quantitative estimate of drug-likeness (QED) is 0.0975. The van der Waals surface area contributed by atoms with E-state index in [2.05, 4.69) is 16.9 Å². The van der Waals surface area contributed by atoms with Gasteiger partial charge in [0.15, 0.2) is 0 Å². The summed E-state index contributed by atoms with van der Waals surface area (Å²) in [7, 11) is 0. The van der Waals surface area contributed by atoms with Gasteiger partial charge < -0.3 is 39.3 Å². The van der Waals surface area contributed by atoms with Crippen molar-refractivity contribution in [1.82, 2.24) is 10.8 Å². The molecule has 6 unspecified atom stereocenters. The Morgan fingerprint density at radius 1 is 0.620 bits per heavy atom. The summed E-state index contributed by atoms with van der Waals surface area (Å²) in [5.74, 6) is -3.80. The highest BCUT2D eigenvalue weighted by atomic mass is 16.6. The van der Waals surface area contributed by atoms with Crippen molar-refractivity contribution < 1.29 is 48.4 Å². The maximum absolute atomic E-state index is 13.1. The van der Waals surface area contributed by atoms with E-state index in [0.717, 1.165) is 70.6 Å². The Balaban J connectivity index is 0.945. The molecule has 0 radical (unpaired) electrons. The number of carboxylic acids is 2. The molecular weight excluding hydrogens is 644 g/mol. The van der Waals surface area contributed by atoms with Crippen molar-refractivity contribution in [3.63, 3.8) is 0 Å². The third-order valence-corrected chi connectivity index (χ3v) is 11.9. The summed E-state index contributed by atoms with van der Waals surface area (Å²) in [6.07, 6.45) is 24.2. The molecule has 4 N–H and O–H groups in total. The summed E-state index contributed by atoms with van der Waals surface area (Å²) in [5.41, 5.74) is 3.22. The van der Waals surface area contributed by atoms with Crippen LogP contribution in [0, 0.1) is 36.2 Å². The predicted molar refractivity (Wildman–Crippen MR) is 184 cm³/mol. The van der Waals surface area contributed by atoms with E-state index in [4.69, 9.17) is 30.2 Å². The van der Waals surface area contributed by atoms with Crippen LogP contribution in [0.5, 0.6) is 0 Å². The molecule has 0 aromatic carbocycles. The molecule has 0 bridgehead atoms. The van der Waals surface area contributed by atoms with Crippen LogP contribution in [0.15, 0.2) is 0 Å². The number of nitrogens with one attached hydrogen (secondary N) is 2. The number of ether oxygens (including phenoxy) is 4. The third kappa shape index (κ3) is 11.8. The van der Waals surface area contributed by atoms with Gasteiger partial charge in [0.2, 0.25) is 5.91 Å². The van der Waals surface area contributed by atoms with E-state index in [1.165, 1.54) is 19.3 Å². The van der Waals surface area contributed by atoms with E-state index in [1.54, 1.807) is 0 Å². The number of carbonyl (C=O) groups is 3. The number of hydrogen-bond donors (Lipinski definition) is 4. The fourth-order valence-electron chi connectivity index (χ4n) is 8.98. The predicted octanol–water partition coefficient (Wildman–Crippen LogP) is 4.98. The number of carboxylic acid groups (broad SMARTS) is 2. The number of hydroxylamine groups is 1. The molecule has 0 saturated heterocycles. The molecule has 5 aliphatic carbocycles. The van der Waals surface area contributed by atoms with Crippen LogP contribution in [-0.2, 0) is 38.2 Å². The van der Waals surface area contributed by atoms with Gasteiger partial charge in [-0.15, -0.1) is 0 Å². The van der Waals surface area contributed by atoms with Crippen LogP contribution in [0.3, 0.4) is 0 Å². The minimum absolute atomic E-state index is 0.00907. The number of amides is 1. The van der Waals surface area contributed by atoms with Crippen molar-refractivity contribution in [1.29, 1.82) is 0 Å². The molecular formula is C38H60N2O10. The lowest BCUT2D eigenvalue weighted by Gasteiger charge is -2.37. The summed E-state index contributed by atoms with van der Waals surface area (Å²) >= 11 is 0.